The van der Waals surface area contributed by atoms with Crippen LogP contribution >= 0.6 is 0 Å². The SMILES string of the molecule is CCCCCOC(C=CCCC(OC)OC)OC(C=CCCC(OC)OC)OCCCCC. The van der Waals surface area contributed by atoms with E-state index >= 15 is 0 Å². The quantitative estimate of drug-likeness (QED) is 0.0968. The maximum atomic E-state index is 6.19. The van der Waals surface area contributed by atoms with Crippen LogP contribution in [-0.2, 0) is 33.2 Å². The molecule has 0 heterocycles. The van der Waals surface area contributed by atoms with Gasteiger partial charge in [0.2, 0.25) is 0 Å². The summed E-state index contributed by atoms with van der Waals surface area (Å²) in [6.07, 6.45) is 16.4. The summed E-state index contributed by atoms with van der Waals surface area (Å²) in [6, 6.07) is 0. The van der Waals surface area contributed by atoms with Gasteiger partial charge in [0.15, 0.2) is 25.2 Å². The molecule has 0 aliphatic heterocycles. The van der Waals surface area contributed by atoms with E-state index in [1.807, 2.05) is 12.2 Å². The Bertz CT molecular complexity index is 408. The first-order valence-corrected chi connectivity index (χ1v) is 12.5. The van der Waals surface area contributed by atoms with Gasteiger partial charge in [-0.2, -0.15) is 0 Å². The highest BCUT2D eigenvalue weighted by Crippen LogP contribution is 2.12. The van der Waals surface area contributed by atoms with Crippen molar-refractivity contribution in [3.8, 4) is 0 Å². The molecule has 2 unspecified atom stereocenters. The van der Waals surface area contributed by atoms with Gasteiger partial charge in [0.1, 0.15) is 0 Å². The summed E-state index contributed by atoms with van der Waals surface area (Å²) < 4.78 is 39.2. The predicted octanol–water partition coefficient (Wildman–Crippen LogP) is 5.98. The molecule has 0 aliphatic rings. The summed E-state index contributed by atoms with van der Waals surface area (Å²) in [7, 11) is 6.59. The largest absolute Gasteiger partial charge is 0.356 e. The Kier molecular flexibility index (Phi) is 23.7. The van der Waals surface area contributed by atoms with Gasteiger partial charge >= 0.3 is 0 Å². The van der Waals surface area contributed by atoms with E-state index in [0.29, 0.717) is 13.2 Å². The van der Waals surface area contributed by atoms with E-state index in [1.54, 1.807) is 28.4 Å². The Morgan fingerprint density at radius 2 is 0.970 bits per heavy atom. The zero-order valence-corrected chi connectivity index (χ0v) is 22.0. The maximum absolute atomic E-state index is 6.19. The second-order valence-electron chi connectivity index (χ2n) is 7.84. The molecule has 196 valence electrons. The van der Waals surface area contributed by atoms with E-state index in [4.69, 9.17) is 33.2 Å². The number of allylic oxidation sites excluding steroid dienone is 2. The summed E-state index contributed by atoms with van der Waals surface area (Å²) in [6.45, 7) is 5.66. The van der Waals surface area contributed by atoms with Gasteiger partial charge in [-0.15, -0.1) is 0 Å². The number of methoxy groups -OCH3 is 4. The van der Waals surface area contributed by atoms with E-state index in [9.17, 15) is 0 Å². The van der Waals surface area contributed by atoms with Crippen molar-refractivity contribution in [1.29, 1.82) is 0 Å². The Labute approximate surface area is 202 Å². The number of rotatable bonds is 24. The van der Waals surface area contributed by atoms with E-state index in [0.717, 1.165) is 64.2 Å². The van der Waals surface area contributed by atoms with E-state index in [2.05, 4.69) is 26.0 Å². The molecule has 0 amide bonds. The average Bonchev–Trinajstić information content (AvgIpc) is 2.84. The molecular formula is C26H50O7. The van der Waals surface area contributed by atoms with Crippen molar-refractivity contribution in [3.63, 3.8) is 0 Å². The molecule has 0 rings (SSSR count). The lowest BCUT2D eigenvalue weighted by molar-refractivity contribution is -0.208. The second-order valence-corrected chi connectivity index (χ2v) is 7.84. The first-order valence-electron chi connectivity index (χ1n) is 12.5. The smallest absolute Gasteiger partial charge is 0.180 e. The zero-order valence-electron chi connectivity index (χ0n) is 22.0. The lowest BCUT2D eigenvalue weighted by Gasteiger charge is -2.22. The fraction of sp³-hybridized carbons (Fsp3) is 0.846. The molecule has 7 heteroatoms. The molecule has 2 atom stereocenters. The number of unbranched alkanes of at least 4 members (excludes halogenated alkanes) is 4. The van der Waals surface area contributed by atoms with Crippen LogP contribution in [0.1, 0.15) is 78.1 Å². The monoisotopic (exact) mass is 474 g/mol. The highest BCUT2D eigenvalue weighted by Gasteiger charge is 2.14. The Hall–Kier alpha value is -0.800. The fourth-order valence-corrected chi connectivity index (χ4v) is 3.06. The summed E-state index contributed by atoms with van der Waals surface area (Å²) in [5, 5.41) is 0. The number of ether oxygens (including phenoxy) is 7. The van der Waals surface area contributed by atoms with Crippen molar-refractivity contribution < 1.29 is 33.2 Å². The van der Waals surface area contributed by atoms with Crippen LogP contribution in [0.5, 0.6) is 0 Å². The maximum Gasteiger partial charge on any atom is 0.180 e. The van der Waals surface area contributed by atoms with Crippen LogP contribution in [0.25, 0.3) is 0 Å². The average molecular weight is 475 g/mol. The van der Waals surface area contributed by atoms with Crippen LogP contribution in [0.4, 0.5) is 0 Å². The topological polar surface area (TPSA) is 64.6 Å². The Balaban J connectivity index is 4.96. The predicted molar refractivity (Wildman–Crippen MR) is 132 cm³/mol. The van der Waals surface area contributed by atoms with Crippen LogP contribution in [0, 0.1) is 0 Å². The molecule has 0 saturated carbocycles. The zero-order chi connectivity index (χ0) is 24.6. The van der Waals surface area contributed by atoms with Gasteiger partial charge in [0.05, 0.1) is 13.2 Å². The van der Waals surface area contributed by atoms with E-state index in [-0.39, 0.29) is 12.6 Å². The molecule has 0 spiro atoms. The number of hydrogen-bond acceptors (Lipinski definition) is 7. The summed E-state index contributed by atoms with van der Waals surface area (Å²) >= 11 is 0. The van der Waals surface area contributed by atoms with Gasteiger partial charge in [0.25, 0.3) is 0 Å². The Morgan fingerprint density at radius 1 is 0.576 bits per heavy atom. The van der Waals surface area contributed by atoms with E-state index in [1.165, 1.54) is 0 Å². The van der Waals surface area contributed by atoms with Gasteiger partial charge < -0.3 is 33.2 Å². The third kappa shape index (κ3) is 19.2. The van der Waals surface area contributed by atoms with E-state index < -0.39 is 12.6 Å². The van der Waals surface area contributed by atoms with Gasteiger partial charge in [-0.1, -0.05) is 51.7 Å². The van der Waals surface area contributed by atoms with Crippen LogP contribution in [-0.4, -0.2) is 66.8 Å². The third-order valence-electron chi connectivity index (χ3n) is 5.10. The molecule has 7 nitrogen and oxygen atoms in total. The molecule has 0 aromatic heterocycles. The van der Waals surface area contributed by atoms with Crippen molar-refractivity contribution >= 4 is 0 Å². The third-order valence-corrected chi connectivity index (χ3v) is 5.10. The molecule has 0 N–H and O–H groups in total. The molecule has 0 aliphatic carbocycles. The minimum absolute atomic E-state index is 0.208. The molecule has 33 heavy (non-hydrogen) atoms. The normalized spacial score (nSPS) is 14.3. The van der Waals surface area contributed by atoms with Crippen LogP contribution < -0.4 is 0 Å². The summed E-state index contributed by atoms with van der Waals surface area (Å²) in [5.41, 5.74) is 0. The lowest BCUT2D eigenvalue weighted by Crippen LogP contribution is -2.25. The van der Waals surface area contributed by atoms with Gasteiger partial charge in [-0.25, -0.2) is 0 Å². The van der Waals surface area contributed by atoms with Crippen LogP contribution in [0.3, 0.4) is 0 Å². The highest BCUT2D eigenvalue weighted by molar-refractivity contribution is 4.90. The first kappa shape index (κ1) is 32.2. The summed E-state index contributed by atoms with van der Waals surface area (Å²) in [5.74, 6) is 0. The molecular weight excluding hydrogens is 424 g/mol. The molecule has 0 saturated heterocycles. The second kappa shape index (κ2) is 24.3. The molecule has 0 fully saturated rings. The highest BCUT2D eigenvalue weighted by atomic mass is 16.8. The van der Waals surface area contributed by atoms with Crippen molar-refractivity contribution in [2.45, 2.75) is 103 Å². The standard InChI is InChI=1S/C26H50O7/c1-7-9-15-21-31-25(19-13-11-17-23(27-3)28-4)33-26(32-22-16-10-8-2)20-14-12-18-24(29-5)30-6/h13-14,19-20,23-26H,7-12,15-18,21-22H2,1-6H3. The number of hydrogen-bond donors (Lipinski definition) is 0. The van der Waals surface area contributed by atoms with Crippen molar-refractivity contribution in [3.05, 3.63) is 24.3 Å². The fourth-order valence-electron chi connectivity index (χ4n) is 3.06. The van der Waals surface area contributed by atoms with Crippen molar-refractivity contribution in [1.82, 2.24) is 0 Å². The Morgan fingerprint density at radius 3 is 1.30 bits per heavy atom. The first-order chi connectivity index (χ1) is 16.1. The molecule has 0 radical (unpaired) electrons. The van der Waals surface area contributed by atoms with Crippen molar-refractivity contribution in [2.75, 3.05) is 41.7 Å². The lowest BCUT2D eigenvalue weighted by atomic mass is 10.2. The van der Waals surface area contributed by atoms with Crippen molar-refractivity contribution in [2.24, 2.45) is 0 Å². The van der Waals surface area contributed by atoms with Gasteiger partial charge in [-0.05, 0) is 37.8 Å². The minimum atomic E-state index is -0.475. The molecule has 0 aromatic carbocycles. The van der Waals surface area contributed by atoms with Crippen LogP contribution in [0.2, 0.25) is 0 Å². The molecule has 0 bridgehead atoms. The minimum Gasteiger partial charge on any atom is -0.356 e. The molecule has 0 aromatic rings. The van der Waals surface area contributed by atoms with Gasteiger partial charge in [0, 0.05) is 41.3 Å². The summed E-state index contributed by atoms with van der Waals surface area (Å²) in [4.78, 5) is 0. The van der Waals surface area contributed by atoms with Crippen LogP contribution in [0.15, 0.2) is 24.3 Å². The van der Waals surface area contributed by atoms with Gasteiger partial charge in [-0.3, -0.25) is 0 Å².